The van der Waals surface area contributed by atoms with Crippen molar-refractivity contribution in [3.05, 3.63) is 23.8 Å². The van der Waals surface area contributed by atoms with Crippen molar-refractivity contribution in [2.75, 3.05) is 6.54 Å². The molecule has 0 amide bonds. The average Bonchev–Trinajstić information content (AvgIpc) is 2.34. The van der Waals surface area contributed by atoms with Crippen LogP contribution in [-0.4, -0.2) is 16.5 Å². The fraction of sp³-hybridized carbons (Fsp3) is 0.750. The second kappa shape index (κ2) is 6.47. The number of aromatic nitrogens is 2. The van der Waals surface area contributed by atoms with Gasteiger partial charge < -0.3 is 5.32 Å². The molecule has 1 aliphatic carbocycles. The minimum Gasteiger partial charge on any atom is -0.309 e. The second-order valence-electron chi connectivity index (χ2n) is 6.24. The Morgan fingerprint density at radius 3 is 2.53 bits per heavy atom. The van der Waals surface area contributed by atoms with Crippen LogP contribution in [0.15, 0.2) is 12.3 Å². The van der Waals surface area contributed by atoms with Gasteiger partial charge in [0, 0.05) is 6.20 Å². The van der Waals surface area contributed by atoms with E-state index in [1.807, 2.05) is 13.1 Å². The SMILES string of the molecule is CCNC(c1ccnc(C)n1)C1CC(C)CC(C)C1. The zero-order valence-corrected chi connectivity index (χ0v) is 12.7. The number of nitrogens with one attached hydrogen (secondary N) is 1. The minimum atomic E-state index is 0.386. The van der Waals surface area contributed by atoms with Gasteiger partial charge in [0.05, 0.1) is 11.7 Å². The Bertz CT molecular complexity index is 395. The van der Waals surface area contributed by atoms with Gasteiger partial charge in [0.25, 0.3) is 0 Å². The molecule has 0 bridgehead atoms. The normalized spacial score (nSPS) is 29.2. The molecule has 1 fully saturated rings. The van der Waals surface area contributed by atoms with Crippen molar-refractivity contribution in [2.45, 2.75) is 53.0 Å². The second-order valence-corrected chi connectivity index (χ2v) is 6.24. The monoisotopic (exact) mass is 261 g/mol. The Labute approximate surface area is 117 Å². The van der Waals surface area contributed by atoms with Gasteiger partial charge >= 0.3 is 0 Å². The molecule has 1 aromatic rings. The molecule has 2 rings (SSSR count). The van der Waals surface area contributed by atoms with Gasteiger partial charge in [-0.1, -0.05) is 20.8 Å². The summed E-state index contributed by atoms with van der Waals surface area (Å²) in [6.45, 7) is 9.91. The standard InChI is InChI=1S/C16H27N3/c1-5-17-16(15-6-7-18-13(4)19-15)14-9-11(2)8-12(3)10-14/h6-7,11-12,14,16-17H,5,8-10H2,1-4H3. The lowest BCUT2D eigenvalue weighted by molar-refractivity contribution is 0.175. The molecule has 0 spiro atoms. The van der Waals surface area contributed by atoms with Crippen LogP contribution in [0.4, 0.5) is 0 Å². The van der Waals surface area contributed by atoms with Crippen LogP contribution in [0.3, 0.4) is 0 Å². The lowest BCUT2D eigenvalue weighted by Crippen LogP contribution is -2.34. The van der Waals surface area contributed by atoms with E-state index in [-0.39, 0.29) is 0 Å². The van der Waals surface area contributed by atoms with Crippen molar-refractivity contribution in [1.82, 2.24) is 15.3 Å². The van der Waals surface area contributed by atoms with E-state index in [1.54, 1.807) is 0 Å². The summed E-state index contributed by atoms with van der Waals surface area (Å²) in [6.07, 6.45) is 5.88. The third-order valence-corrected chi connectivity index (χ3v) is 4.23. The Balaban J connectivity index is 2.19. The first-order chi connectivity index (χ1) is 9.10. The zero-order valence-electron chi connectivity index (χ0n) is 12.7. The van der Waals surface area contributed by atoms with Crippen molar-refractivity contribution in [3.8, 4) is 0 Å². The van der Waals surface area contributed by atoms with Crippen LogP contribution in [0.25, 0.3) is 0 Å². The molecule has 0 saturated heterocycles. The fourth-order valence-electron chi connectivity index (χ4n) is 3.66. The molecule has 1 saturated carbocycles. The number of nitrogens with zero attached hydrogens (tertiary/aromatic N) is 2. The molecule has 3 nitrogen and oxygen atoms in total. The van der Waals surface area contributed by atoms with Crippen LogP contribution in [0.5, 0.6) is 0 Å². The molecular formula is C16H27N3. The number of aryl methyl sites for hydroxylation is 1. The van der Waals surface area contributed by atoms with Gasteiger partial charge in [-0.2, -0.15) is 0 Å². The van der Waals surface area contributed by atoms with Gasteiger partial charge in [-0.05, 0) is 56.6 Å². The molecule has 1 aromatic heterocycles. The van der Waals surface area contributed by atoms with E-state index < -0.39 is 0 Å². The van der Waals surface area contributed by atoms with Crippen molar-refractivity contribution >= 4 is 0 Å². The van der Waals surface area contributed by atoms with E-state index in [1.165, 1.54) is 25.0 Å². The third kappa shape index (κ3) is 3.75. The van der Waals surface area contributed by atoms with Gasteiger partial charge in [-0.3, -0.25) is 0 Å². The first-order valence-corrected chi connectivity index (χ1v) is 7.63. The smallest absolute Gasteiger partial charge is 0.125 e. The molecule has 19 heavy (non-hydrogen) atoms. The highest BCUT2D eigenvalue weighted by molar-refractivity contribution is 5.09. The Morgan fingerprint density at radius 2 is 1.95 bits per heavy atom. The van der Waals surface area contributed by atoms with Gasteiger partial charge in [0.15, 0.2) is 0 Å². The predicted octanol–water partition coefficient (Wildman–Crippen LogP) is 3.51. The van der Waals surface area contributed by atoms with Crippen LogP contribution in [0.1, 0.15) is 57.6 Å². The Kier molecular flexibility index (Phi) is 4.92. The molecule has 3 heteroatoms. The summed E-state index contributed by atoms with van der Waals surface area (Å²) in [5.41, 5.74) is 1.17. The van der Waals surface area contributed by atoms with E-state index in [2.05, 4.69) is 42.1 Å². The predicted molar refractivity (Wildman–Crippen MR) is 78.9 cm³/mol. The van der Waals surface area contributed by atoms with E-state index >= 15 is 0 Å². The molecule has 1 heterocycles. The van der Waals surface area contributed by atoms with Crippen molar-refractivity contribution < 1.29 is 0 Å². The van der Waals surface area contributed by atoms with Crippen LogP contribution >= 0.6 is 0 Å². The lowest BCUT2D eigenvalue weighted by Gasteiger charge is -2.36. The molecule has 1 N–H and O–H groups in total. The first-order valence-electron chi connectivity index (χ1n) is 7.63. The summed E-state index contributed by atoms with van der Waals surface area (Å²) < 4.78 is 0. The topological polar surface area (TPSA) is 37.8 Å². The lowest BCUT2D eigenvalue weighted by atomic mass is 9.73. The fourth-order valence-corrected chi connectivity index (χ4v) is 3.66. The largest absolute Gasteiger partial charge is 0.309 e. The van der Waals surface area contributed by atoms with Gasteiger partial charge in [-0.15, -0.1) is 0 Å². The maximum atomic E-state index is 4.64. The minimum absolute atomic E-state index is 0.386. The molecular weight excluding hydrogens is 234 g/mol. The van der Waals surface area contributed by atoms with Crippen LogP contribution < -0.4 is 5.32 Å². The third-order valence-electron chi connectivity index (χ3n) is 4.23. The van der Waals surface area contributed by atoms with E-state index in [9.17, 15) is 0 Å². The van der Waals surface area contributed by atoms with Gasteiger partial charge in [-0.25, -0.2) is 9.97 Å². The highest BCUT2D eigenvalue weighted by Gasteiger charge is 2.31. The highest BCUT2D eigenvalue weighted by Crippen LogP contribution is 2.39. The zero-order chi connectivity index (χ0) is 13.8. The van der Waals surface area contributed by atoms with Gasteiger partial charge in [0.2, 0.25) is 0 Å². The van der Waals surface area contributed by atoms with Crippen molar-refractivity contribution in [2.24, 2.45) is 17.8 Å². The summed E-state index contributed by atoms with van der Waals surface area (Å²) in [5.74, 6) is 3.24. The first kappa shape index (κ1) is 14.4. The summed E-state index contributed by atoms with van der Waals surface area (Å²) in [7, 11) is 0. The average molecular weight is 261 g/mol. The van der Waals surface area contributed by atoms with Crippen molar-refractivity contribution in [1.29, 1.82) is 0 Å². The number of hydrogen-bond acceptors (Lipinski definition) is 3. The van der Waals surface area contributed by atoms with Gasteiger partial charge in [0.1, 0.15) is 5.82 Å². The van der Waals surface area contributed by atoms with Crippen LogP contribution in [0, 0.1) is 24.7 Å². The number of rotatable bonds is 4. The van der Waals surface area contributed by atoms with E-state index in [4.69, 9.17) is 0 Å². The summed E-state index contributed by atoms with van der Waals surface area (Å²) >= 11 is 0. The maximum Gasteiger partial charge on any atom is 0.125 e. The Hall–Kier alpha value is -0.960. The molecule has 3 unspecified atom stereocenters. The number of hydrogen-bond donors (Lipinski definition) is 1. The summed E-state index contributed by atoms with van der Waals surface area (Å²) in [4.78, 5) is 8.86. The van der Waals surface area contributed by atoms with Crippen LogP contribution in [0.2, 0.25) is 0 Å². The Morgan fingerprint density at radius 1 is 1.26 bits per heavy atom. The molecule has 0 radical (unpaired) electrons. The molecule has 0 aromatic carbocycles. The van der Waals surface area contributed by atoms with E-state index in [0.717, 1.165) is 24.2 Å². The quantitative estimate of drug-likeness (QED) is 0.901. The highest BCUT2D eigenvalue weighted by atomic mass is 15.0. The summed E-state index contributed by atoms with van der Waals surface area (Å²) in [6, 6.07) is 2.46. The molecule has 0 aliphatic heterocycles. The van der Waals surface area contributed by atoms with E-state index in [0.29, 0.717) is 12.0 Å². The summed E-state index contributed by atoms with van der Waals surface area (Å²) in [5, 5.41) is 3.65. The van der Waals surface area contributed by atoms with Crippen molar-refractivity contribution in [3.63, 3.8) is 0 Å². The molecule has 3 atom stereocenters. The molecule has 1 aliphatic rings. The molecule has 106 valence electrons. The maximum absolute atomic E-state index is 4.64. The van der Waals surface area contributed by atoms with Crippen LogP contribution in [-0.2, 0) is 0 Å².